The van der Waals surface area contributed by atoms with Gasteiger partial charge in [0.1, 0.15) is 0 Å². The number of hydrogen-bond acceptors (Lipinski definition) is 4. The van der Waals surface area contributed by atoms with E-state index in [2.05, 4.69) is 4.98 Å². The standard InChI is InChI=1S/C20H14N4O2/c1-23-18-17(19(25)24(2)20(23)26)21-15-13-9-5-3-7-11(13)12-8-4-6-10-14(12)16(15)22-18/h3-10H,1-2H3. The van der Waals surface area contributed by atoms with Gasteiger partial charge in [-0.1, -0.05) is 48.5 Å². The molecular formula is C20H14N4O2. The Balaban J connectivity index is 2.19. The molecule has 0 unspecified atom stereocenters. The van der Waals surface area contributed by atoms with Crippen LogP contribution in [0.3, 0.4) is 0 Å². The Bertz CT molecular complexity index is 1500. The number of aryl methyl sites for hydroxylation is 1. The van der Waals surface area contributed by atoms with Crippen LogP contribution in [0.15, 0.2) is 58.1 Å². The number of aromatic nitrogens is 4. The first-order valence-corrected chi connectivity index (χ1v) is 8.25. The molecular weight excluding hydrogens is 328 g/mol. The minimum Gasteiger partial charge on any atom is -0.279 e. The molecule has 6 heteroatoms. The highest BCUT2D eigenvalue weighted by Gasteiger charge is 2.16. The van der Waals surface area contributed by atoms with Gasteiger partial charge in [-0.2, -0.15) is 0 Å². The van der Waals surface area contributed by atoms with Crippen LogP contribution in [-0.4, -0.2) is 19.1 Å². The first kappa shape index (κ1) is 14.8. The molecule has 0 aliphatic heterocycles. The molecule has 0 radical (unpaired) electrons. The van der Waals surface area contributed by atoms with Crippen molar-refractivity contribution in [1.82, 2.24) is 19.1 Å². The van der Waals surface area contributed by atoms with Crippen molar-refractivity contribution in [2.75, 3.05) is 0 Å². The lowest BCUT2D eigenvalue weighted by Crippen LogP contribution is -2.37. The Morgan fingerprint density at radius 3 is 1.73 bits per heavy atom. The molecule has 0 N–H and O–H groups in total. The molecule has 3 aromatic carbocycles. The Labute approximate surface area is 147 Å². The molecule has 2 heterocycles. The summed E-state index contributed by atoms with van der Waals surface area (Å²) in [7, 11) is 3.06. The molecule has 0 atom stereocenters. The summed E-state index contributed by atoms with van der Waals surface area (Å²) in [4.78, 5) is 34.2. The third-order valence-corrected chi connectivity index (χ3v) is 4.93. The largest absolute Gasteiger partial charge is 0.332 e. The second-order valence-corrected chi connectivity index (χ2v) is 6.39. The molecule has 0 spiro atoms. The van der Waals surface area contributed by atoms with Gasteiger partial charge in [0, 0.05) is 24.9 Å². The average Bonchev–Trinajstić information content (AvgIpc) is 2.70. The topological polar surface area (TPSA) is 69.8 Å². The Morgan fingerprint density at radius 2 is 1.15 bits per heavy atom. The second kappa shape index (κ2) is 4.98. The van der Waals surface area contributed by atoms with Crippen LogP contribution in [-0.2, 0) is 14.1 Å². The third-order valence-electron chi connectivity index (χ3n) is 4.93. The fourth-order valence-corrected chi connectivity index (χ4v) is 3.59. The normalized spacial score (nSPS) is 11.8. The van der Waals surface area contributed by atoms with Gasteiger partial charge in [-0.3, -0.25) is 13.9 Å². The van der Waals surface area contributed by atoms with Crippen LogP contribution < -0.4 is 11.2 Å². The molecule has 0 saturated heterocycles. The maximum atomic E-state index is 12.6. The molecule has 5 rings (SSSR count). The van der Waals surface area contributed by atoms with Crippen molar-refractivity contribution >= 4 is 43.7 Å². The number of benzene rings is 3. The van der Waals surface area contributed by atoms with Gasteiger partial charge in [-0.15, -0.1) is 0 Å². The van der Waals surface area contributed by atoms with Crippen LogP contribution in [0.5, 0.6) is 0 Å². The van der Waals surface area contributed by atoms with Crippen LogP contribution in [0.4, 0.5) is 0 Å². The lowest BCUT2D eigenvalue weighted by molar-refractivity contribution is 0.706. The van der Waals surface area contributed by atoms with E-state index in [1.54, 1.807) is 7.05 Å². The number of nitrogens with zero attached hydrogens (tertiary/aromatic N) is 4. The van der Waals surface area contributed by atoms with Gasteiger partial charge in [0.05, 0.1) is 11.0 Å². The summed E-state index contributed by atoms with van der Waals surface area (Å²) in [5, 5.41) is 4.01. The van der Waals surface area contributed by atoms with Gasteiger partial charge in [0.15, 0.2) is 11.2 Å². The van der Waals surface area contributed by atoms with E-state index in [1.165, 1.54) is 11.6 Å². The van der Waals surface area contributed by atoms with E-state index in [9.17, 15) is 9.59 Å². The van der Waals surface area contributed by atoms with Crippen molar-refractivity contribution < 1.29 is 0 Å². The Morgan fingerprint density at radius 1 is 0.654 bits per heavy atom. The van der Waals surface area contributed by atoms with Crippen LogP contribution in [0.1, 0.15) is 0 Å². The van der Waals surface area contributed by atoms with Crippen molar-refractivity contribution in [2.45, 2.75) is 0 Å². The monoisotopic (exact) mass is 342 g/mol. The summed E-state index contributed by atoms with van der Waals surface area (Å²) >= 11 is 0. The first-order chi connectivity index (χ1) is 12.6. The highest BCUT2D eigenvalue weighted by Crippen LogP contribution is 2.33. The quantitative estimate of drug-likeness (QED) is 0.320. The summed E-state index contributed by atoms with van der Waals surface area (Å²) in [5.74, 6) is 0. The molecule has 126 valence electrons. The van der Waals surface area contributed by atoms with Crippen molar-refractivity contribution in [3.8, 4) is 0 Å². The van der Waals surface area contributed by atoms with Crippen molar-refractivity contribution in [3.05, 3.63) is 69.4 Å². The first-order valence-electron chi connectivity index (χ1n) is 8.25. The van der Waals surface area contributed by atoms with Crippen molar-refractivity contribution in [1.29, 1.82) is 0 Å². The van der Waals surface area contributed by atoms with Crippen molar-refractivity contribution in [2.24, 2.45) is 14.1 Å². The zero-order valence-electron chi connectivity index (χ0n) is 14.2. The second-order valence-electron chi connectivity index (χ2n) is 6.39. The average molecular weight is 342 g/mol. The van der Waals surface area contributed by atoms with E-state index < -0.39 is 11.2 Å². The van der Waals surface area contributed by atoms with Crippen LogP contribution in [0, 0.1) is 0 Å². The zero-order valence-corrected chi connectivity index (χ0v) is 14.2. The fraction of sp³-hybridized carbons (Fsp3) is 0.100. The molecule has 0 aliphatic rings. The molecule has 0 aliphatic carbocycles. The van der Waals surface area contributed by atoms with E-state index in [0.29, 0.717) is 16.7 Å². The smallest absolute Gasteiger partial charge is 0.279 e. The molecule has 0 bridgehead atoms. The predicted octanol–water partition coefficient (Wildman–Crippen LogP) is 2.49. The predicted molar refractivity (Wildman–Crippen MR) is 103 cm³/mol. The van der Waals surface area contributed by atoms with Gasteiger partial charge >= 0.3 is 5.69 Å². The van der Waals surface area contributed by atoms with E-state index in [1.807, 2.05) is 48.5 Å². The summed E-state index contributed by atoms with van der Waals surface area (Å²) in [6.07, 6.45) is 0. The highest BCUT2D eigenvalue weighted by atomic mass is 16.2. The van der Waals surface area contributed by atoms with Crippen LogP contribution in [0.25, 0.3) is 43.7 Å². The molecule has 5 aromatic rings. The summed E-state index contributed by atoms with van der Waals surface area (Å²) in [5.41, 5.74) is 1.00. The van der Waals surface area contributed by atoms with E-state index >= 15 is 0 Å². The molecule has 0 saturated carbocycles. The molecule has 26 heavy (non-hydrogen) atoms. The summed E-state index contributed by atoms with van der Waals surface area (Å²) < 4.78 is 2.43. The summed E-state index contributed by atoms with van der Waals surface area (Å²) in [6, 6.07) is 15.9. The van der Waals surface area contributed by atoms with Crippen LogP contribution >= 0.6 is 0 Å². The van der Waals surface area contributed by atoms with Gasteiger partial charge in [-0.05, 0) is 10.8 Å². The fourth-order valence-electron chi connectivity index (χ4n) is 3.59. The minimum absolute atomic E-state index is 0.197. The van der Waals surface area contributed by atoms with E-state index in [0.717, 1.165) is 26.1 Å². The number of hydrogen-bond donors (Lipinski definition) is 0. The van der Waals surface area contributed by atoms with Gasteiger partial charge in [0.25, 0.3) is 5.56 Å². The molecule has 6 nitrogen and oxygen atoms in total. The lowest BCUT2D eigenvalue weighted by Gasteiger charge is -2.11. The Hall–Kier alpha value is -3.54. The maximum Gasteiger partial charge on any atom is 0.332 e. The zero-order chi connectivity index (χ0) is 18.0. The summed E-state index contributed by atoms with van der Waals surface area (Å²) in [6.45, 7) is 0. The molecule has 0 fully saturated rings. The van der Waals surface area contributed by atoms with E-state index in [4.69, 9.17) is 4.98 Å². The number of rotatable bonds is 0. The highest BCUT2D eigenvalue weighted by molar-refractivity contribution is 6.23. The SMILES string of the molecule is Cn1c(=O)c2nc3c4ccccc4c4ccccc4c3nc2n(C)c1=O. The molecule has 0 amide bonds. The van der Waals surface area contributed by atoms with Gasteiger partial charge in [0.2, 0.25) is 0 Å². The van der Waals surface area contributed by atoms with Gasteiger partial charge in [-0.25, -0.2) is 14.8 Å². The number of fused-ring (bicyclic) bond motifs is 7. The maximum absolute atomic E-state index is 12.6. The lowest BCUT2D eigenvalue weighted by atomic mass is 9.99. The van der Waals surface area contributed by atoms with E-state index in [-0.39, 0.29) is 5.52 Å². The molecule has 2 aromatic heterocycles. The van der Waals surface area contributed by atoms with Gasteiger partial charge < -0.3 is 0 Å². The third kappa shape index (κ3) is 1.75. The minimum atomic E-state index is -0.435. The van der Waals surface area contributed by atoms with Crippen LogP contribution in [0.2, 0.25) is 0 Å². The Kier molecular flexibility index (Phi) is 2.83. The van der Waals surface area contributed by atoms with Crippen molar-refractivity contribution in [3.63, 3.8) is 0 Å².